The van der Waals surface area contributed by atoms with Crippen molar-refractivity contribution in [3.8, 4) is 5.75 Å². The van der Waals surface area contributed by atoms with Gasteiger partial charge in [-0.25, -0.2) is 4.79 Å². The summed E-state index contributed by atoms with van der Waals surface area (Å²) in [6.07, 6.45) is -0.375. The first kappa shape index (κ1) is 30.0. The predicted molar refractivity (Wildman–Crippen MR) is 146 cm³/mol. The van der Waals surface area contributed by atoms with Crippen molar-refractivity contribution in [1.82, 2.24) is 10.2 Å². The van der Waals surface area contributed by atoms with E-state index in [1.165, 1.54) is 17.0 Å². The summed E-state index contributed by atoms with van der Waals surface area (Å²) in [5.74, 6) is -0.918. The zero-order valence-corrected chi connectivity index (χ0v) is 23.3. The fourth-order valence-electron chi connectivity index (χ4n) is 3.96. The lowest BCUT2D eigenvalue weighted by Crippen LogP contribution is -2.52. The Bertz CT molecular complexity index is 1090. The molecule has 202 valence electrons. The molecule has 2 rings (SSSR count). The second-order valence-electron chi connectivity index (χ2n) is 10.4. The maximum absolute atomic E-state index is 13.9. The number of aromatic hydroxyl groups is 1. The molecule has 37 heavy (non-hydrogen) atoms. The zero-order chi connectivity index (χ0) is 27.9. The summed E-state index contributed by atoms with van der Waals surface area (Å²) >= 11 is 6.35. The van der Waals surface area contributed by atoms with Gasteiger partial charge in [0.2, 0.25) is 5.91 Å². The third-order valence-electron chi connectivity index (χ3n) is 5.54. The van der Waals surface area contributed by atoms with Gasteiger partial charge in [-0.1, -0.05) is 49.7 Å². The number of alkyl carbamates (subject to hydrolysis) is 1. The standard InChI is InChI=1S/C28H38ClN3O5/c1-8-32(26(35)22(15-17(2)3)30-27(36)37-28(5,6)7)24(19-12-10-13-20(33)16-19)25(34)31-23-18(4)11-9-14-21(23)29/h9-14,16-17,22,24,33H,8,15H2,1-7H3,(H,30,36)(H,31,34). The molecule has 2 atom stereocenters. The topological polar surface area (TPSA) is 108 Å². The molecule has 2 aromatic rings. The van der Waals surface area contributed by atoms with Crippen LogP contribution in [0.4, 0.5) is 10.5 Å². The molecule has 0 saturated heterocycles. The molecule has 0 radical (unpaired) electrons. The Morgan fingerprint density at radius 1 is 1.11 bits per heavy atom. The number of ether oxygens (including phenoxy) is 1. The van der Waals surface area contributed by atoms with Crippen LogP contribution in [0.1, 0.15) is 65.1 Å². The molecule has 0 saturated carbocycles. The number of likely N-dealkylation sites (N-methyl/N-ethyl adjacent to an activating group) is 1. The molecule has 9 heteroatoms. The van der Waals surface area contributed by atoms with E-state index >= 15 is 0 Å². The van der Waals surface area contributed by atoms with Crippen LogP contribution in [-0.4, -0.2) is 46.1 Å². The SMILES string of the molecule is CCN(C(=O)C(CC(C)C)NC(=O)OC(C)(C)C)C(C(=O)Nc1c(C)cccc1Cl)c1cccc(O)c1. The minimum atomic E-state index is -1.10. The van der Waals surface area contributed by atoms with Gasteiger partial charge in [0.05, 0.1) is 10.7 Å². The third-order valence-corrected chi connectivity index (χ3v) is 5.85. The van der Waals surface area contributed by atoms with Gasteiger partial charge in [-0.15, -0.1) is 0 Å². The molecule has 3 amide bonds. The van der Waals surface area contributed by atoms with Gasteiger partial charge in [-0.05, 0) is 76.3 Å². The zero-order valence-electron chi connectivity index (χ0n) is 22.6. The number of para-hydroxylation sites is 1. The molecule has 0 fully saturated rings. The number of phenolic OH excluding ortho intramolecular Hbond substituents is 1. The van der Waals surface area contributed by atoms with Gasteiger partial charge in [0.1, 0.15) is 23.4 Å². The van der Waals surface area contributed by atoms with E-state index in [9.17, 15) is 19.5 Å². The van der Waals surface area contributed by atoms with Gasteiger partial charge in [-0.3, -0.25) is 9.59 Å². The van der Waals surface area contributed by atoms with Crippen LogP contribution in [0.5, 0.6) is 5.75 Å². The molecule has 0 heterocycles. The molecule has 8 nitrogen and oxygen atoms in total. The number of rotatable bonds is 9. The number of nitrogens with zero attached hydrogens (tertiary/aromatic N) is 1. The molecule has 0 spiro atoms. The first-order valence-electron chi connectivity index (χ1n) is 12.4. The van der Waals surface area contributed by atoms with Gasteiger partial charge >= 0.3 is 6.09 Å². The number of nitrogens with one attached hydrogen (secondary N) is 2. The van der Waals surface area contributed by atoms with Crippen molar-refractivity contribution in [2.75, 3.05) is 11.9 Å². The number of halogens is 1. The van der Waals surface area contributed by atoms with Crippen molar-refractivity contribution >= 4 is 35.2 Å². The lowest BCUT2D eigenvalue weighted by molar-refractivity contribution is -0.140. The first-order chi connectivity index (χ1) is 17.2. The molecule has 2 aromatic carbocycles. The second-order valence-corrected chi connectivity index (χ2v) is 10.8. The van der Waals surface area contributed by atoms with E-state index in [1.807, 2.05) is 26.8 Å². The summed E-state index contributed by atoms with van der Waals surface area (Å²) in [7, 11) is 0. The van der Waals surface area contributed by atoms with Crippen molar-refractivity contribution in [3.05, 3.63) is 58.6 Å². The molecular weight excluding hydrogens is 494 g/mol. The second kappa shape index (κ2) is 12.8. The fraction of sp³-hybridized carbons (Fsp3) is 0.464. The highest BCUT2D eigenvalue weighted by atomic mass is 35.5. The quantitative estimate of drug-likeness (QED) is 0.378. The number of aryl methyl sites for hydroxylation is 1. The van der Waals surface area contributed by atoms with E-state index < -0.39 is 35.6 Å². The minimum absolute atomic E-state index is 0.0432. The Morgan fingerprint density at radius 2 is 1.76 bits per heavy atom. The van der Waals surface area contributed by atoms with Crippen molar-refractivity contribution in [2.24, 2.45) is 5.92 Å². The predicted octanol–water partition coefficient (Wildman–Crippen LogP) is 5.82. The number of carbonyl (C=O) groups excluding carboxylic acids is 3. The largest absolute Gasteiger partial charge is 0.508 e. The summed E-state index contributed by atoms with van der Waals surface area (Å²) in [5, 5.41) is 16.1. The van der Waals surface area contributed by atoms with Crippen LogP contribution < -0.4 is 10.6 Å². The van der Waals surface area contributed by atoms with Gasteiger partial charge in [0.15, 0.2) is 0 Å². The third kappa shape index (κ3) is 8.67. The van der Waals surface area contributed by atoms with Crippen molar-refractivity contribution in [2.45, 2.75) is 72.6 Å². The van der Waals surface area contributed by atoms with Crippen molar-refractivity contribution in [1.29, 1.82) is 0 Å². The highest BCUT2D eigenvalue weighted by Crippen LogP contribution is 2.30. The first-order valence-corrected chi connectivity index (χ1v) is 12.8. The summed E-state index contributed by atoms with van der Waals surface area (Å²) in [5.41, 5.74) is 0.872. The smallest absolute Gasteiger partial charge is 0.408 e. The van der Waals surface area contributed by atoms with Crippen LogP contribution >= 0.6 is 11.6 Å². The maximum Gasteiger partial charge on any atom is 0.408 e. The fourth-order valence-corrected chi connectivity index (χ4v) is 4.23. The van der Waals surface area contributed by atoms with Crippen LogP contribution in [0.15, 0.2) is 42.5 Å². The number of benzene rings is 2. The molecule has 0 aliphatic rings. The average molecular weight is 532 g/mol. The van der Waals surface area contributed by atoms with Crippen LogP contribution in [0.3, 0.4) is 0 Å². The Morgan fingerprint density at radius 3 is 2.30 bits per heavy atom. The van der Waals surface area contributed by atoms with Crippen molar-refractivity contribution in [3.63, 3.8) is 0 Å². The van der Waals surface area contributed by atoms with Crippen LogP contribution in [0.2, 0.25) is 5.02 Å². The number of amides is 3. The molecule has 0 aromatic heterocycles. The van der Waals surface area contributed by atoms with Crippen molar-refractivity contribution < 1.29 is 24.2 Å². The van der Waals surface area contributed by atoms with Crippen LogP contribution in [-0.2, 0) is 14.3 Å². The van der Waals surface area contributed by atoms with Gasteiger partial charge in [0, 0.05) is 6.54 Å². The number of anilines is 1. The van der Waals surface area contributed by atoms with E-state index in [-0.39, 0.29) is 18.2 Å². The Labute approximate surface area is 224 Å². The minimum Gasteiger partial charge on any atom is -0.508 e. The van der Waals surface area contributed by atoms with Gasteiger partial charge in [-0.2, -0.15) is 0 Å². The summed E-state index contributed by atoms with van der Waals surface area (Å²) in [4.78, 5) is 41.6. The van der Waals surface area contributed by atoms with E-state index in [0.717, 1.165) is 5.56 Å². The Hall–Kier alpha value is -3.26. The van der Waals surface area contributed by atoms with E-state index in [4.69, 9.17) is 16.3 Å². The Kier molecular flexibility index (Phi) is 10.4. The highest BCUT2D eigenvalue weighted by Gasteiger charge is 2.36. The monoisotopic (exact) mass is 531 g/mol. The van der Waals surface area contributed by atoms with E-state index in [2.05, 4.69) is 10.6 Å². The maximum atomic E-state index is 13.9. The molecule has 0 aliphatic heterocycles. The number of phenols is 1. The summed E-state index contributed by atoms with van der Waals surface area (Å²) < 4.78 is 5.38. The molecule has 0 bridgehead atoms. The number of carbonyl (C=O) groups is 3. The normalized spacial score (nSPS) is 13.0. The average Bonchev–Trinajstić information content (AvgIpc) is 2.77. The highest BCUT2D eigenvalue weighted by molar-refractivity contribution is 6.34. The summed E-state index contributed by atoms with van der Waals surface area (Å²) in [6, 6.07) is 9.43. The Balaban J connectivity index is 2.49. The lowest BCUT2D eigenvalue weighted by atomic mass is 9.99. The number of hydrogen-bond acceptors (Lipinski definition) is 5. The van der Waals surface area contributed by atoms with E-state index in [0.29, 0.717) is 22.7 Å². The van der Waals surface area contributed by atoms with Crippen LogP contribution in [0.25, 0.3) is 0 Å². The summed E-state index contributed by atoms with van der Waals surface area (Å²) in [6.45, 7) is 12.8. The molecular formula is C28H38ClN3O5. The molecule has 2 unspecified atom stereocenters. The lowest BCUT2D eigenvalue weighted by Gasteiger charge is -2.34. The van der Waals surface area contributed by atoms with Gasteiger partial charge < -0.3 is 25.4 Å². The van der Waals surface area contributed by atoms with Gasteiger partial charge in [0.25, 0.3) is 5.91 Å². The van der Waals surface area contributed by atoms with E-state index in [1.54, 1.807) is 52.0 Å². The molecule has 3 N–H and O–H groups in total. The number of hydrogen-bond donors (Lipinski definition) is 3. The van der Waals surface area contributed by atoms with Crippen LogP contribution in [0, 0.1) is 12.8 Å². The molecule has 0 aliphatic carbocycles.